The maximum absolute atomic E-state index is 12.8. The van der Waals surface area contributed by atoms with Gasteiger partial charge in [-0.25, -0.2) is 4.98 Å². The fourth-order valence-electron chi connectivity index (χ4n) is 5.56. The number of aryl methyl sites for hydroxylation is 1. The van der Waals surface area contributed by atoms with Crippen molar-refractivity contribution in [3.63, 3.8) is 0 Å². The van der Waals surface area contributed by atoms with Gasteiger partial charge in [0.1, 0.15) is 23.6 Å². The molecule has 3 unspecified atom stereocenters. The highest BCUT2D eigenvalue weighted by Gasteiger charge is 2.72. The second-order valence-corrected chi connectivity index (χ2v) is 11.3. The predicted molar refractivity (Wildman–Crippen MR) is 131 cm³/mol. The van der Waals surface area contributed by atoms with Crippen molar-refractivity contribution in [3.8, 4) is 22.9 Å². The van der Waals surface area contributed by atoms with Gasteiger partial charge in [-0.05, 0) is 43.5 Å². The van der Waals surface area contributed by atoms with Crippen molar-refractivity contribution in [2.24, 2.45) is 17.3 Å². The number of carbonyl (C=O) groups is 2. The number of hydrogen-bond donors (Lipinski definition) is 1. The lowest BCUT2D eigenvalue weighted by atomic mass is 10.0. The summed E-state index contributed by atoms with van der Waals surface area (Å²) in [5, 5.41) is 12.9. The average Bonchev–Trinajstić information content (AvgIpc) is 3.29. The summed E-state index contributed by atoms with van der Waals surface area (Å²) in [6, 6.07) is 7.78. The SMILES string of the molecule is Cc1nc(C#N)cc(-c2ccnc3cc(CN4C(=O)C5C(C4=O)C5(C)C)sc23)c1OC1CCNC1. The Morgan fingerprint density at radius 3 is 2.71 bits per heavy atom. The molecular formula is C26H25N5O3S. The Balaban J connectivity index is 1.38. The van der Waals surface area contributed by atoms with Crippen molar-refractivity contribution < 1.29 is 14.3 Å². The summed E-state index contributed by atoms with van der Waals surface area (Å²) in [4.78, 5) is 36.9. The molecule has 9 heteroatoms. The number of ether oxygens (including phenoxy) is 1. The van der Waals surface area contributed by atoms with Crippen LogP contribution in [0.2, 0.25) is 0 Å². The fraction of sp³-hybridized carbons (Fsp3) is 0.423. The Morgan fingerprint density at radius 2 is 2.03 bits per heavy atom. The number of thiophene rings is 1. The molecule has 35 heavy (non-hydrogen) atoms. The van der Waals surface area contributed by atoms with Crippen LogP contribution in [0.4, 0.5) is 0 Å². The molecule has 0 radical (unpaired) electrons. The molecule has 0 aromatic carbocycles. The normalized spacial score (nSPS) is 24.6. The summed E-state index contributed by atoms with van der Waals surface area (Å²) in [5.74, 6) is 0.159. The number of nitriles is 1. The monoisotopic (exact) mass is 487 g/mol. The minimum absolute atomic E-state index is 0.0429. The number of piperidine rings is 1. The van der Waals surface area contributed by atoms with Crippen LogP contribution in [-0.4, -0.2) is 45.9 Å². The van der Waals surface area contributed by atoms with Gasteiger partial charge >= 0.3 is 0 Å². The molecule has 1 N–H and O–H groups in total. The number of likely N-dealkylation sites (tertiary alicyclic amines) is 1. The Hall–Kier alpha value is -3.35. The number of pyridine rings is 2. The van der Waals surface area contributed by atoms with Crippen LogP contribution in [0.3, 0.4) is 0 Å². The number of aromatic nitrogens is 2. The number of nitrogens with zero attached hydrogens (tertiary/aromatic N) is 4. The molecule has 2 amide bonds. The molecule has 1 saturated carbocycles. The van der Waals surface area contributed by atoms with Gasteiger partial charge in [-0.2, -0.15) is 5.26 Å². The lowest BCUT2D eigenvalue weighted by molar-refractivity contribution is -0.143. The Morgan fingerprint density at radius 1 is 1.26 bits per heavy atom. The van der Waals surface area contributed by atoms with Gasteiger partial charge in [0.25, 0.3) is 0 Å². The van der Waals surface area contributed by atoms with Crippen LogP contribution in [0.25, 0.3) is 21.3 Å². The number of carbonyl (C=O) groups excluding carboxylic acids is 2. The van der Waals surface area contributed by atoms with Gasteiger partial charge in [-0.15, -0.1) is 11.3 Å². The Bertz CT molecular complexity index is 1410. The minimum atomic E-state index is -0.220. The van der Waals surface area contributed by atoms with Gasteiger partial charge in [0.05, 0.1) is 34.3 Å². The average molecular weight is 488 g/mol. The highest BCUT2D eigenvalue weighted by Crippen LogP contribution is 2.63. The van der Waals surface area contributed by atoms with Crippen LogP contribution in [0.1, 0.15) is 36.5 Å². The van der Waals surface area contributed by atoms with E-state index in [2.05, 4.69) is 21.4 Å². The van der Waals surface area contributed by atoms with E-state index in [0.717, 1.165) is 45.7 Å². The molecule has 6 rings (SSSR count). The van der Waals surface area contributed by atoms with E-state index < -0.39 is 0 Å². The smallest absolute Gasteiger partial charge is 0.234 e. The largest absolute Gasteiger partial charge is 0.486 e. The van der Waals surface area contributed by atoms with Crippen LogP contribution in [0.15, 0.2) is 24.4 Å². The van der Waals surface area contributed by atoms with Crippen molar-refractivity contribution in [1.82, 2.24) is 20.2 Å². The Labute approximate surface area is 206 Å². The quantitative estimate of drug-likeness (QED) is 0.549. The van der Waals surface area contributed by atoms with E-state index in [1.54, 1.807) is 12.3 Å². The van der Waals surface area contributed by atoms with Gasteiger partial charge in [0.2, 0.25) is 11.8 Å². The molecule has 8 nitrogen and oxygen atoms in total. The third-order valence-corrected chi connectivity index (χ3v) is 8.66. The zero-order chi connectivity index (χ0) is 24.5. The summed E-state index contributed by atoms with van der Waals surface area (Å²) in [6.45, 7) is 7.76. The van der Waals surface area contributed by atoms with Crippen molar-refractivity contribution >= 4 is 33.4 Å². The van der Waals surface area contributed by atoms with Crippen molar-refractivity contribution in [1.29, 1.82) is 5.26 Å². The molecule has 2 saturated heterocycles. The first-order chi connectivity index (χ1) is 16.8. The van der Waals surface area contributed by atoms with E-state index in [-0.39, 0.29) is 41.7 Å². The van der Waals surface area contributed by atoms with Gasteiger partial charge in [0.15, 0.2) is 0 Å². The number of amides is 2. The molecular weight excluding hydrogens is 462 g/mol. The van der Waals surface area contributed by atoms with E-state index in [1.165, 1.54) is 16.2 Å². The summed E-state index contributed by atoms with van der Waals surface area (Å²) in [7, 11) is 0. The van der Waals surface area contributed by atoms with E-state index in [9.17, 15) is 14.9 Å². The number of nitrogens with one attached hydrogen (secondary N) is 1. The van der Waals surface area contributed by atoms with Crippen LogP contribution in [0.5, 0.6) is 5.75 Å². The summed E-state index contributed by atoms with van der Waals surface area (Å²) < 4.78 is 7.30. The second kappa shape index (κ2) is 7.83. The molecule has 3 aromatic heterocycles. The third-order valence-electron chi connectivity index (χ3n) is 7.52. The molecule has 3 aromatic rings. The van der Waals surface area contributed by atoms with E-state index in [1.807, 2.05) is 32.9 Å². The number of rotatable bonds is 5. The molecule has 2 aliphatic heterocycles. The first kappa shape index (κ1) is 22.1. The first-order valence-electron chi connectivity index (χ1n) is 11.8. The predicted octanol–water partition coefficient (Wildman–Crippen LogP) is 3.42. The van der Waals surface area contributed by atoms with Crippen molar-refractivity contribution in [3.05, 3.63) is 40.7 Å². The topological polar surface area (TPSA) is 108 Å². The van der Waals surface area contributed by atoms with Gasteiger partial charge in [-0.3, -0.25) is 19.5 Å². The molecule has 178 valence electrons. The van der Waals surface area contributed by atoms with E-state index >= 15 is 0 Å². The van der Waals surface area contributed by atoms with Crippen molar-refractivity contribution in [2.75, 3.05) is 13.1 Å². The van der Waals surface area contributed by atoms with Crippen molar-refractivity contribution in [2.45, 2.75) is 39.8 Å². The zero-order valence-electron chi connectivity index (χ0n) is 19.8. The number of hydrogen-bond acceptors (Lipinski definition) is 8. The van der Waals surface area contributed by atoms with Crippen LogP contribution in [-0.2, 0) is 16.1 Å². The van der Waals surface area contributed by atoms with Crippen LogP contribution < -0.4 is 10.1 Å². The van der Waals surface area contributed by atoms with Gasteiger partial charge in [0, 0.05) is 28.7 Å². The maximum atomic E-state index is 12.8. The maximum Gasteiger partial charge on any atom is 0.234 e. The van der Waals surface area contributed by atoms with Gasteiger partial charge < -0.3 is 10.1 Å². The number of imide groups is 1. The molecule has 3 atom stereocenters. The summed E-state index contributed by atoms with van der Waals surface area (Å²) in [6.07, 6.45) is 2.69. The third kappa shape index (κ3) is 3.43. The highest BCUT2D eigenvalue weighted by atomic mass is 32.1. The molecule has 3 aliphatic rings. The van der Waals surface area contributed by atoms with Gasteiger partial charge in [-0.1, -0.05) is 13.8 Å². The van der Waals surface area contributed by atoms with E-state index in [4.69, 9.17) is 4.74 Å². The van der Waals surface area contributed by atoms with Crippen LogP contribution >= 0.6 is 11.3 Å². The van der Waals surface area contributed by atoms with Crippen LogP contribution in [0, 0.1) is 35.5 Å². The Kier molecular flexibility index (Phi) is 4.95. The van der Waals surface area contributed by atoms with E-state index in [0.29, 0.717) is 17.1 Å². The molecule has 0 spiro atoms. The standard InChI is InChI=1S/C26H25N5O3S/c1-13-22(34-15-4-6-28-11-15)18(8-14(10-27)30-13)17-5-7-29-19-9-16(35-23(17)19)12-31-24(32)20-21(25(31)33)26(20,2)3/h5,7-9,15,20-21,28H,4,6,11-12H2,1-3H3. The zero-order valence-corrected chi connectivity index (χ0v) is 20.6. The molecule has 5 heterocycles. The minimum Gasteiger partial charge on any atom is -0.486 e. The lowest BCUT2D eigenvalue weighted by Crippen LogP contribution is -2.35. The molecule has 0 bridgehead atoms. The molecule has 1 aliphatic carbocycles. The summed E-state index contributed by atoms with van der Waals surface area (Å²) in [5.41, 5.74) is 3.26. The number of fused-ring (bicyclic) bond motifs is 2. The summed E-state index contributed by atoms with van der Waals surface area (Å²) >= 11 is 1.52. The lowest BCUT2D eigenvalue weighted by Gasteiger charge is -2.19. The molecule has 3 fully saturated rings. The second-order valence-electron chi connectivity index (χ2n) is 10.1. The highest BCUT2D eigenvalue weighted by molar-refractivity contribution is 7.19. The fourth-order valence-corrected chi connectivity index (χ4v) is 6.69. The first-order valence-corrected chi connectivity index (χ1v) is 12.6.